The lowest BCUT2D eigenvalue weighted by molar-refractivity contribution is -0.147. The first-order chi connectivity index (χ1) is 20.9. The minimum absolute atomic E-state index is 0.0738. The number of nitrogens with one attached hydrogen (secondary N) is 1. The summed E-state index contributed by atoms with van der Waals surface area (Å²) >= 11 is 0. The van der Waals surface area contributed by atoms with Crippen LogP contribution in [0.25, 0.3) is 0 Å². The molecule has 4 aliphatic rings. The minimum atomic E-state index is -0.430. The normalized spacial score (nSPS) is 21.3. The van der Waals surface area contributed by atoms with Crippen molar-refractivity contribution in [2.45, 2.75) is 64.2 Å². The van der Waals surface area contributed by atoms with Gasteiger partial charge in [0, 0.05) is 30.5 Å². The van der Waals surface area contributed by atoms with Gasteiger partial charge in [-0.05, 0) is 59.1 Å². The van der Waals surface area contributed by atoms with Crippen LogP contribution in [-0.2, 0) is 36.8 Å². The van der Waals surface area contributed by atoms with Gasteiger partial charge in [-0.25, -0.2) is 0 Å². The van der Waals surface area contributed by atoms with Gasteiger partial charge in [0.2, 0.25) is 11.8 Å². The monoisotopic (exact) mass is 578 g/mol. The van der Waals surface area contributed by atoms with E-state index >= 15 is 0 Å². The lowest BCUT2D eigenvalue weighted by atomic mass is 9.55. The van der Waals surface area contributed by atoms with Crippen molar-refractivity contribution in [3.8, 4) is 0 Å². The number of benzene rings is 3. The van der Waals surface area contributed by atoms with E-state index in [9.17, 15) is 19.2 Å². The van der Waals surface area contributed by atoms with Crippen LogP contribution in [0.1, 0.15) is 84.7 Å². The molecule has 7 heteroatoms. The molecule has 43 heavy (non-hydrogen) atoms. The molecule has 7 nitrogen and oxygen atoms in total. The molecule has 1 aliphatic heterocycles. The van der Waals surface area contributed by atoms with Crippen LogP contribution in [0.15, 0.2) is 66.7 Å². The Morgan fingerprint density at radius 3 is 1.72 bits per heavy atom. The molecule has 1 fully saturated rings. The van der Waals surface area contributed by atoms with Crippen molar-refractivity contribution in [1.82, 2.24) is 4.90 Å². The Hall–Kier alpha value is -4.26. The van der Waals surface area contributed by atoms with E-state index in [-0.39, 0.29) is 54.4 Å². The smallest absolute Gasteiger partial charge is 0.306 e. The first-order valence-corrected chi connectivity index (χ1v) is 15.5. The highest BCUT2D eigenvalue weighted by atomic mass is 16.5. The second kappa shape index (κ2) is 12.2. The van der Waals surface area contributed by atoms with Gasteiger partial charge >= 0.3 is 5.97 Å². The Kier molecular flexibility index (Phi) is 8.15. The summed E-state index contributed by atoms with van der Waals surface area (Å²) in [5.41, 5.74) is 7.59. The fourth-order valence-electron chi connectivity index (χ4n) is 7.47. The molecule has 3 aliphatic carbocycles. The maximum Gasteiger partial charge on any atom is 0.306 e. The van der Waals surface area contributed by atoms with E-state index in [4.69, 9.17) is 4.74 Å². The largest absolute Gasteiger partial charge is 0.456 e. The zero-order valence-electron chi connectivity index (χ0n) is 24.8. The molecule has 2 atom stereocenters. The zero-order chi connectivity index (χ0) is 30.1. The Bertz CT molecular complexity index is 1440. The van der Waals surface area contributed by atoms with Gasteiger partial charge < -0.3 is 10.1 Å². The molecule has 0 unspecified atom stereocenters. The minimum Gasteiger partial charge on any atom is -0.456 e. The highest BCUT2D eigenvalue weighted by Gasteiger charge is 2.61. The Morgan fingerprint density at radius 2 is 1.23 bits per heavy atom. The SMILES string of the molecule is CCc1cccc(CC)c1NC(=O)COC(=O)CCCCCN1C(=O)[C@@H]2C3c4ccccc4C(c4ccccc43)[C@H]2C1=O. The quantitative estimate of drug-likeness (QED) is 0.178. The summed E-state index contributed by atoms with van der Waals surface area (Å²) in [6, 6.07) is 22.4. The second-order valence-electron chi connectivity index (χ2n) is 11.8. The molecule has 3 aromatic carbocycles. The van der Waals surface area contributed by atoms with Gasteiger partial charge in [-0.15, -0.1) is 0 Å². The van der Waals surface area contributed by atoms with Gasteiger partial charge in [0.25, 0.3) is 5.91 Å². The predicted molar refractivity (Wildman–Crippen MR) is 164 cm³/mol. The number of aryl methyl sites for hydroxylation is 2. The molecule has 0 saturated carbocycles. The molecule has 0 radical (unpaired) electrons. The van der Waals surface area contributed by atoms with E-state index in [1.54, 1.807) is 0 Å². The Morgan fingerprint density at radius 1 is 0.721 bits per heavy atom. The summed E-state index contributed by atoms with van der Waals surface area (Å²) in [5.74, 6) is -1.84. The Balaban J connectivity index is 0.992. The molecule has 0 spiro atoms. The van der Waals surface area contributed by atoms with E-state index in [0.717, 1.165) is 29.7 Å². The van der Waals surface area contributed by atoms with Gasteiger partial charge in [0.05, 0.1) is 11.8 Å². The van der Waals surface area contributed by atoms with Crippen molar-refractivity contribution < 1.29 is 23.9 Å². The van der Waals surface area contributed by atoms with E-state index in [2.05, 4.69) is 29.6 Å². The number of esters is 1. The number of ether oxygens (including phenoxy) is 1. The summed E-state index contributed by atoms with van der Waals surface area (Å²) in [5, 5.41) is 2.91. The number of carbonyl (C=O) groups is 4. The Labute approximate surface area is 252 Å². The second-order valence-corrected chi connectivity index (χ2v) is 11.8. The molecule has 222 valence electrons. The summed E-state index contributed by atoms with van der Waals surface area (Å²) in [6.07, 6.45) is 3.62. The van der Waals surface area contributed by atoms with Crippen molar-refractivity contribution in [3.05, 3.63) is 100 Å². The van der Waals surface area contributed by atoms with Gasteiger partial charge in [0.15, 0.2) is 6.61 Å². The number of para-hydroxylation sites is 1. The highest BCUT2D eigenvalue weighted by molar-refractivity contribution is 6.07. The van der Waals surface area contributed by atoms with Gasteiger partial charge in [-0.3, -0.25) is 24.1 Å². The lowest BCUT2D eigenvalue weighted by Crippen LogP contribution is -2.41. The van der Waals surface area contributed by atoms with Gasteiger partial charge in [-0.1, -0.05) is 87.0 Å². The molecule has 3 aromatic rings. The van der Waals surface area contributed by atoms with Crippen LogP contribution in [-0.4, -0.2) is 41.7 Å². The van der Waals surface area contributed by atoms with Crippen LogP contribution in [0.4, 0.5) is 5.69 Å². The summed E-state index contributed by atoms with van der Waals surface area (Å²) < 4.78 is 5.22. The third kappa shape index (κ3) is 5.15. The maximum absolute atomic E-state index is 13.7. The van der Waals surface area contributed by atoms with Crippen LogP contribution in [0.2, 0.25) is 0 Å². The third-order valence-electron chi connectivity index (χ3n) is 9.43. The number of imide groups is 1. The number of hydrogen-bond acceptors (Lipinski definition) is 5. The summed E-state index contributed by atoms with van der Waals surface area (Å²) in [4.78, 5) is 53.6. The third-order valence-corrected chi connectivity index (χ3v) is 9.43. The van der Waals surface area contributed by atoms with Crippen LogP contribution in [0.3, 0.4) is 0 Å². The number of carbonyl (C=O) groups excluding carboxylic acids is 4. The zero-order valence-corrected chi connectivity index (χ0v) is 24.8. The van der Waals surface area contributed by atoms with Crippen LogP contribution in [0, 0.1) is 11.8 Å². The molecular weight excluding hydrogens is 540 g/mol. The van der Waals surface area contributed by atoms with Crippen molar-refractivity contribution >= 4 is 29.4 Å². The molecule has 1 heterocycles. The van der Waals surface area contributed by atoms with E-state index in [1.807, 2.05) is 56.3 Å². The summed E-state index contributed by atoms with van der Waals surface area (Å²) in [6.45, 7) is 4.10. The number of amides is 3. The fourth-order valence-corrected chi connectivity index (χ4v) is 7.47. The highest BCUT2D eigenvalue weighted by Crippen LogP contribution is 2.60. The van der Waals surface area contributed by atoms with Crippen molar-refractivity contribution in [1.29, 1.82) is 0 Å². The first-order valence-electron chi connectivity index (χ1n) is 15.5. The number of unbranched alkanes of at least 4 members (excludes halogenated alkanes) is 2. The number of hydrogen-bond donors (Lipinski definition) is 1. The number of likely N-dealkylation sites (tertiary alicyclic amines) is 1. The molecule has 1 N–H and O–H groups in total. The van der Waals surface area contributed by atoms with Crippen LogP contribution in [0.5, 0.6) is 0 Å². The predicted octanol–water partition coefficient (Wildman–Crippen LogP) is 5.75. The lowest BCUT2D eigenvalue weighted by Gasteiger charge is -2.45. The number of rotatable bonds is 11. The van der Waals surface area contributed by atoms with Crippen LogP contribution >= 0.6 is 0 Å². The van der Waals surface area contributed by atoms with E-state index in [1.165, 1.54) is 27.2 Å². The maximum atomic E-state index is 13.7. The molecule has 2 bridgehead atoms. The fraction of sp³-hybridized carbons (Fsp3) is 0.389. The number of anilines is 1. The van der Waals surface area contributed by atoms with Crippen molar-refractivity contribution in [3.63, 3.8) is 0 Å². The van der Waals surface area contributed by atoms with E-state index < -0.39 is 5.97 Å². The van der Waals surface area contributed by atoms with Gasteiger partial charge in [0.1, 0.15) is 0 Å². The molecule has 1 saturated heterocycles. The van der Waals surface area contributed by atoms with Crippen molar-refractivity contribution in [2.75, 3.05) is 18.5 Å². The van der Waals surface area contributed by atoms with Gasteiger partial charge in [-0.2, -0.15) is 0 Å². The van der Waals surface area contributed by atoms with E-state index in [0.29, 0.717) is 25.8 Å². The summed E-state index contributed by atoms with van der Waals surface area (Å²) in [7, 11) is 0. The van der Waals surface area contributed by atoms with Crippen LogP contribution < -0.4 is 5.32 Å². The molecule has 3 amide bonds. The molecular formula is C36H38N2O5. The topological polar surface area (TPSA) is 92.8 Å². The number of nitrogens with zero attached hydrogens (tertiary/aromatic N) is 1. The molecule has 7 rings (SSSR count). The van der Waals surface area contributed by atoms with Crippen molar-refractivity contribution in [2.24, 2.45) is 11.8 Å². The molecule has 0 aromatic heterocycles. The average Bonchev–Trinajstić information content (AvgIpc) is 3.29. The first kappa shape index (κ1) is 28.8. The average molecular weight is 579 g/mol. The standard InChI is InChI=1S/C36H38N2O5/c1-3-22-13-12-14-23(4-2)34(22)37-28(39)21-43-29(40)19-6-5-11-20-38-35(41)32-30-24-15-7-8-16-25(24)31(33(32)36(38)42)27-18-10-9-17-26(27)30/h7-10,12-18,30-33H,3-6,11,19-21H2,1-2H3,(H,37,39)/t30?,31?,32-,33-/m1/s1.